The molecule has 0 saturated carbocycles. The summed E-state index contributed by atoms with van der Waals surface area (Å²) < 4.78 is 5.31. The molecule has 0 radical (unpaired) electrons. The van der Waals surface area contributed by atoms with Crippen LogP contribution in [0.4, 0.5) is 11.6 Å². The van der Waals surface area contributed by atoms with E-state index in [1.54, 1.807) is 25.7 Å². The lowest BCUT2D eigenvalue weighted by atomic mass is 10.2. The molecule has 0 aliphatic carbocycles. The number of benzene rings is 1. The van der Waals surface area contributed by atoms with E-state index in [-0.39, 0.29) is 0 Å². The molecule has 0 atom stereocenters. The Labute approximate surface area is 110 Å². The van der Waals surface area contributed by atoms with E-state index >= 15 is 0 Å². The van der Waals surface area contributed by atoms with Crippen molar-refractivity contribution in [2.45, 2.75) is 0 Å². The minimum absolute atomic E-state index is 0.657. The van der Waals surface area contributed by atoms with E-state index in [0.29, 0.717) is 11.6 Å². The molecule has 2 heterocycles. The number of hydrogen-bond donors (Lipinski definition) is 1. The Balaban J connectivity index is 2.01. The van der Waals surface area contributed by atoms with E-state index in [0.717, 1.165) is 16.7 Å². The molecule has 0 aliphatic rings. The molecule has 0 unspecified atom stereocenters. The van der Waals surface area contributed by atoms with Gasteiger partial charge in [-0.15, -0.1) is 0 Å². The smallest absolute Gasteiger partial charge is 0.150 e. The highest BCUT2D eigenvalue weighted by atomic mass is 16.5. The van der Waals surface area contributed by atoms with Crippen LogP contribution in [0.1, 0.15) is 0 Å². The predicted molar refractivity (Wildman–Crippen MR) is 73.6 cm³/mol. The molecule has 0 amide bonds. The molecule has 0 bridgehead atoms. The van der Waals surface area contributed by atoms with Crippen molar-refractivity contribution in [3.05, 3.63) is 48.9 Å². The highest BCUT2D eigenvalue weighted by Crippen LogP contribution is 2.25. The van der Waals surface area contributed by atoms with Gasteiger partial charge in [0.15, 0.2) is 0 Å². The van der Waals surface area contributed by atoms with E-state index in [9.17, 15) is 0 Å². The monoisotopic (exact) mass is 252 g/mol. The molecule has 1 aromatic carbocycles. The summed E-state index contributed by atoms with van der Waals surface area (Å²) in [5, 5.41) is 4.14. The normalized spacial score (nSPS) is 10.4. The Bertz CT molecular complexity index is 700. The minimum atomic E-state index is 0.657. The molecule has 0 spiro atoms. The summed E-state index contributed by atoms with van der Waals surface area (Å²) in [4.78, 5) is 12.7. The van der Waals surface area contributed by atoms with Crippen LogP contribution in [0.3, 0.4) is 0 Å². The van der Waals surface area contributed by atoms with Crippen molar-refractivity contribution in [3.63, 3.8) is 0 Å². The number of pyridine rings is 1. The van der Waals surface area contributed by atoms with E-state index in [1.165, 1.54) is 0 Å². The van der Waals surface area contributed by atoms with Crippen LogP contribution in [0.25, 0.3) is 10.9 Å². The lowest BCUT2D eigenvalue weighted by molar-refractivity contribution is 0.419. The average Bonchev–Trinajstić information content (AvgIpc) is 2.47. The van der Waals surface area contributed by atoms with E-state index in [2.05, 4.69) is 20.3 Å². The summed E-state index contributed by atoms with van der Waals surface area (Å²) in [6, 6.07) is 9.72. The van der Waals surface area contributed by atoms with Crippen LogP contribution in [0.2, 0.25) is 0 Å². The van der Waals surface area contributed by atoms with Gasteiger partial charge in [0.25, 0.3) is 0 Å². The van der Waals surface area contributed by atoms with Gasteiger partial charge < -0.3 is 10.1 Å². The fraction of sp³-hybridized carbons (Fsp3) is 0.0714. The van der Waals surface area contributed by atoms with Crippen molar-refractivity contribution in [2.75, 3.05) is 12.4 Å². The Morgan fingerprint density at radius 2 is 2.00 bits per heavy atom. The van der Waals surface area contributed by atoms with Gasteiger partial charge in [0.05, 0.1) is 13.3 Å². The summed E-state index contributed by atoms with van der Waals surface area (Å²) in [6.07, 6.45) is 4.90. The largest absolute Gasteiger partial charge is 0.494 e. The molecule has 94 valence electrons. The third kappa shape index (κ3) is 2.30. The fourth-order valence-electron chi connectivity index (χ4n) is 1.85. The van der Waals surface area contributed by atoms with Crippen LogP contribution >= 0.6 is 0 Å². The maximum Gasteiger partial charge on any atom is 0.150 e. The third-order valence-electron chi connectivity index (χ3n) is 2.72. The zero-order valence-corrected chi connectivity index (χ0v) is 10.4. The van der Waals surface area contributed by atoms with Crippen molar-refractivity contribution in [3.8, 4) is 5.75 Å². The van der Waals surface area contributed by atoms with E-state index in [1.807, 2.05) is 30.3 Å². The lowest BCUT2D eigenvalue weighted by Crippen LogP contribution is -1.97. The highest BCUT2D eigenvalue weighted by Gasteiger charge is 2.04. The Morgan fingerprint density at radius 1 is 1.05 bits per heavy atom. The number of anilines is 2. The van der Waals surface area contributed by atoms with Crippen molar-refractivity contribution in [1.29, 1.82) is 0 Å². The maximum absolute atomic E-state index is 5.31. The molecule has 0 fully saturated rings. The van der Waals surface area contributed by atoms with Crippen LogP contribution in [-0.2, 0) is 0 Å². The van der Waals surface area contributed by atoms with E-state index in [4.69, 9.17) is 4.74 Å². The van der Waals surface area contributed by atoms with Gasteiger partial charge in [-0.25, -0.2) is 9.97 Å². The van der Waals surface area contributed by atoms with Crippen LogP contribution in [0.5, 0.6) is 5.75 Å². The zero-order valence-electron chi connectivity index (χ0n) is 10.4. The van der Waals surface area contributed by atoms with Crippen LogP contribution in [0, 0.1) is 0 Å². The molecule has 3 rings (SSSR count). The van der Waals surface area contributed by atoms with Gasteiger partial charge in [0.1, 0.15) is 22.9 Å². The Hall–Kier alpha value is -2.69. The number of hydrogen-bond acceptors (Lipinski definition) is 5. The first-order chi connectivity index (χ1) is 9.36. The van der Waals surface area contributed by atoms with Gasteiger partial charge in [0.2, 0.25) is 0 Å². The number of rotatable bonds is 3. The highest BCUT2D eigenvalue weighted by molar-refractivity contribution is 5.86. The summed E-state index contributed by atoms with van der Waals surface area (Å²) >= 11 is 0. The van der Waals surface area contributed by atoms with Gasteiger partial charge in [-0.2, -0.15) is 0 Å². The predicted octanol–water partition coefficient (Wildman–Crippen LogP) is 2.78. The summed E-state index contributed by atoms with van der Waals surface area (Å²) in [6.45, 7) is 0. The quantitative estimate of drug-likeness (QED) is 0.776. The molecule has 19 heavy (non-hydrogen) atoms. The van der Waals surface area contributed by atoms with Crippen LogP contribution in [-0.4, -0.2) is 22.1 Å². The summed E-state index contributed by atoms with van der Waals surface area (Å²) in [5.41, 5.74) is 0.818. The number of nitrogens with zero attached hydrogens (tertiary/aromatic N) is 3. The van der Waals surface area contributed by atoms with Crippen molar-refractivity contribution in [1.82, 2.24) is 15.0 Å². The summed E-state index contributed by atoms with van der Waals surface area (Å²) in [5.74, 6) is 2.11. The Kier molecular flexibility index (Phi) is 2.94. The first-order valence-corrected chi connectivity index (χ1v) is 5.83. The third-order valence-corrected chi connectivity index (χ3v) is 2.72. The number of ether oxygens (including phenoxy) is 1. The van der Waals surface area contributed by atoms with Crippen molar-refractivity contribution in [2.24, 2.45) is 0 Å². The van der Waals surface area contributed by atoms with Gasteiger partial charge >= 0.3 is 0 Å². The second kappa shape index (κ2) is 4.89. The molecule has 5 heteroatoms. The molecule has 1 N–H and O–H groups in total. The standard InChI is InChI=1S/C14H12N4O/c1-19-11-4-2-3-10-5-6-12(18-14(10)11)17-13-9-15-7-8-16-13/h2-9H,1H3,(H,16,17,18). The molecule has 5 nitrogen and oxygen atoms in total. The average molecular weight is 252 g/mol. The molecule has 3 aromatic rings. The van der Waals surface area contributed by atoms with Crippen LogP contribution in [0.15, 0.2) is 48.9 Å². The molecule has 2 aromatic heterocycles. The van der Waals surface area contributed by atoms with Gasteiger partial charge in [-0.05, 0) is 18.2 Å². The summed E-state index contributed by atoms with van der Waals surface area (Å²) in [7, 11) is 1.64. The second-order valence-electron chi connectivity index (χ2n) is 3.94. The van der Waals surface area contributed by atoms with E-state index < -0.39 is 0 Å². The second-order valence-corrected chi connectivity index (χ2v) is 3.94. The topological polar surface area (TPSA) is 59.9 Å². The first kappa shape index (κ1) is 11.4. The Morgan fingerprint density at radius 3 is 2.79 bits per heavy atom. The number of fused-ring (bicyclic) bond motifs is 1. The lowest BCUT2D eigenvalue weighted by Gasteiger charge is -2.08. The molecular formula is C14H12N4O. The van der Waals surface area contributed by atoms with Crippen LogP contribution < -0.4 is 10.1 Å². The SMILES string of the molecule is COc1cccc2ccc(Nc3cnccn3)nc12. The van der Waals surface area contributed by atoms with Crippen molar-refractivity contribution < 1.29 is 4.74 Å². The fourth-order valence-corrected chi connectivity index (χ4v) is 1.85. The maximum atomic E-state index is 5.31. The number of methoxy groups -OCH3 is 1. The van der Waals surface area contributed by atoms with Gasteiger partial charge in [-0.3, -0.25) is 4.98 Å². The zero-order chi connectivity index (χ0) is 13.1. The number of para-hydroxylation sites is 1. The van der Waals surface area contributed by atoms with Gasteiger partial charge in [-0.1, -0.05) is 12.1 Å². The van der Waals surface area contributed by atoms with Crippen molar-refractivity contribution >= 4 is 22.5 Å². The molecule has 0 aliphatic heterocycles. The minimum Gasteiger partial charge on any atom is -0.494 e. The molecular weight excluding hydrogens is 240 g/mol. The number of nitrogens with one attached hydrogen (secondary N) is 1. The first-order valence-electron chi connectivity index (χ1n) is 5.83. The molecule has 0 saturated heterocycles. The van der Waals surface area contributed by atoms with Gasteiger partial charge in [0, 0.05) is 17.8 Å². The number of aromatic nitrogens is 3.